The molecule has 0 saturated heterocycles. The molecule has 0 aromatic heterocycles. The lowest BCUT2D eigenvalue weighted by Gasteiger charge is -2.24. The van der Waals surface area contributed by atoms with E-state index in [2.05, 4.69) is 16.0 Å². The SMILES string of the molecule is CC(NC(=O)CN)C(=O)NC(Cc1ccc(O)cc1)C(=O)NC(C(=O)O)C(C)C. The Morgan fingerprint density at radius 2 is 1.55 bits per heavy atom. The molecule has 0 aliphatic rings. The van der Waals surface area contributed by atoms with Gasteiger partial charge in [-0.15, -0.1) is 0 Å². The van der Waals surface area contributed by atoms with E-state index in [1.807, 2.05) is 0 Å². The first-order valence-electron chi connectivity index (χ1n) is 9.16. The van der Waals surface area contributed by atoms with Crippen LogP contribution in [0.4, 0.5) is 0 Å². The number of nitrogens with two attached hydrogens (primary N) is 1. The van der Waals surface area contributed by atoms with Crippen molar-refractivity contribution in [1.82, 2.24) is 16.0 Å². The highest BCUT2D eigenvalue weighted by Gasteiger charge is 2.29. The van der Waals surface area contributed by atoms with Crippen molar-refractivity contribution in [3.8, 4) is 5.75 Å². The van der Waals surface area contributed by atoms with Gasteiger partial charge in [-0.2, -0.15) is 0 Å². The maximum Gasteiger partial charge on any atom is 0.326 e. The zero-order valence-corrected chi connectivity index (χ0v) is 16.6. The molecule has 0 bridgehead atoms. The molecule has 0 heterocycles. The summed E-state index contributed by atoms with van der Waals surface area (Å²) in [5.41, 5.74) is 5.85. The first-order chi connectivity index (χ1) is 13.5. The van der Waals surface area contributed by atoms with Gasteiger partial charge in [-0.1, -0.05) is 26.0 Å². The van der Waals surface area contributed by atoms with Crippen LogP contribution in [0.5, 0.6) is 5.75 Å². The minimum Gasteiger partial charge on any atom is -0.508 e. The summed E-state index contributed by atoms with van der Waals surface area (Å²) in [5, 5.41) is 26.1. The predicted octanol–water partition coefficient (Wildman–Crippen LogP) is -0.892. The number of nitrogens with one attached hydrogen (secondary N) is 3. The molecule has 0 aliphatic heterocycles. The minimum atomic E-state index is -1.19. The third-order valence-corrected chi connectivity index (χ3v) is 4.20. The number of carboxylic acid groups (broad SMARTS) is 1. The van der Waals surface area contributed by atoms with E-state index < -0.39 is 41.8 Å². The molecule has 3 unspecified atom stereocenters. The molecular formula is C19H28N4O6. The van der Waals surface area contributed by atoms with E-state index in [0.29, 0.717) is 5.56 Å². The second-order valence-electron chi connectivity index (χ2n) is 6.99. The van der Waals surface area contributed by atoms with Crippen LogP contribution in [0.3, 0.4) is 0 Å². The fourth-order valence-corrected chi connectivity index (χ4v) is 2.51. The van der Waals surface area contributed by atoms with Crippen LogP contribution in [-0.2, 0) is 25.6 Å². The zero-order chi connectivity index (χ0) is 22.1. The van der Waals surface area contributed by atoms with Gasteiger partial charge in [0, 0.05) is 6.42 Å². The first kappa shape index (κ1) is 23.9. The molecule has 0 saturated carbocycles. The van der Waals surface area contributed by atoms with Crippen molar-refractivity contribution in [1.29, 1.82) is 0 Å². The molecule has 160 valence electrons. The Balaban J connectivity index is 2.99. The molecule has 1 rings (SSSR count). The number of aliphatic carboxylic acids is 1. The topological polar surface area (TPSA) is 171 Å². The fourth-order valence-electron chi connectivity index (χ4n) is 2.51. The van der Waals surface area contributed by atoms with Gasteiger partial charge >= 0.3 is 5.97 Å². The third kappa shape index (κ3) is 7.78. The molecule has 0 spiro atoms. The van der Waals surface area contributed by atoms with Crippen LogP contribution in [0.1, 0.15) is 26.3 Å². The maximum atomic E-state index is 12.7. The van der Waals surface area contributed by atoms with Gasteiger partial charge in [0.2, 0.25) is 17.7 Å². The van der Waals surface area contributed by atoms with Gasteiger partial charge in [0.05, 0.1) is 6.54 Å². The Kier molecular flexibility index (Phi) is 9.07. The summed E-state index contributed by atoms with van der Waals surface area (Å²) >= 11 is 0. The van der Waals surface area contributed by atoms with Crippen LogP contribution in [0, 0.1) is 5.92 Å². The zero-order valence-electron chi connectivity index (χ0n) is 16.6. The van der Waals surface area contributed by atoms with Crippen LogP contribution in [0.2, 0.25) is 0 Å². The highest BCUT2D eigenvalue weighted by molar-refractivity contribution is 5.93. The normalized spacial score (nSPS) is 13.8. The van der Waals surface area contributed by atoms with Crippen molar-refractivity contribution in [2.75, 3.05) is 6.54 Å². The Hall–Kier alpha value is -3.14. The van der Waals surface area contributed by atoms with Crippen LogP contribution in [0.25, 0.3) is 0 Å². The molecule has 0 fully saturated rings. The molecule has 10 nitrogen and oxygen atoms in total. The van der Waals surface area contributed by atoms with E-state index in [1.165, 1.54) is 19.1 Å². The number of carbonyl (C=O) groups is 4. The van der Waals surface area contributed by atoms with Crippen molar-refractivity contribution in [2.24, 2.45) is 11.7 Å². The van der Waals surface area contributed by atoms with Gasteiger partial charge in [0.25, 0.3) is 0 Å². The van der Waals surface area contributed by atoms with Crippen LogP contribution >= 0.6 is 0 Å². The summed E-state index contributed by atoms with van der Waals surface area (Å²) in [6.07, 6.45) is 0.0554. The quantitative estimate of drug-likeness (QED) is 0.291. The van der Waals surface area contributed by atoms with Crippen LogP contribution in [0.15, 0.2) is 24.3 Å². The van der Waals surface area contributed by atoms with E-state index in [9.17, 15) is 29.4 Å². The molecule has 1 aromatic carbocycles. The fraction of sp³-hybridized carbons (Fsp3) is 0.474. The Morgan fingerprint density at radius 3 is 2.03 bits per heavy atom. The van der Waals surface area contributed by atoms with E-state index >= 15 is 0 Å². The van der Waals surface area contributed by atoms with Crippen molar-refractivity contribution in [2.45, 2.75) is 45.3 Å². The summed E-state index contributed by atoms with van der Waals surface area (Å²) in [4.78, 5) is 47.9. The summed E-state index contributed by atoms with van der Waals surface area (Å²) in [7, 11) is 0. The summed E-state index contributed by atoms with van der Waals surface area (Å²) in [5.74, 6) is -3.34. The molecule has 3 amide bonds. The number of hydrogen-bond acceptors (Lipinski definition) is 6. The van der Waals surface area contributed by atoms with Gasteiger partial charge < -0.3 is 31.9 Å². The number of phenols is 1. The maximum absolute atomic E-state index is 12.7. The largest absolute Gasteiger partial charge is 0.508 e. The van der Waals surface area contributed by atoms with E-state index in [0.717, 1.165) is 0 Å². The number of amides is 3. The lowest BCUT2D eigenvalue weighted by Crippen LogP contribution is -2.56. The smallest absolute Gasteiger partial charge is 0.326 e. The highest BCUT2D eigenvalue weighted by Crippen LogP contribution is 2.12. The van der Waals surface area contributed by atoms with Gasteiger partial charge in [-0.25, -0.2) is 4.79 Å². The number of aromatic hydroxyl groups is 1. The van der Waals surface area contributed by atoms with Gasteiger partial charge in [0.15, 0.2) is 0 Å². The molecule has 29 heavy (non-hydrogen) atoms. The average molecular weight is 408 g/mol. The van der Waals surface area contributed by atoms with Crippen LogP contribution in [-0.4, -0.2) is 58.6 Å². The monoisotopic (exact) mass is 408 g/mol. The molecule has 1 aromatic rings. The molecule has 0 radical (unpaired) electrons. The number of hydrogen-bond donors (Lipinski definition) is 6. The molecule has 10 heteroatoms. The molecular weight excluding hydrogens is 380 g/mol. The Morgan fingerprint density at radius 1 is 0.966 bits per heavy atom. The Bertz CT molecular complexity index is 735. The predicted molar refractivity (Wildman–Crippen MR) is 105 cm³/mol. The number of phenolic OH excluding ortho intramolecular Hbond substituents is 1. The number of carboxylic acids is 1. The second-order valence-corrected chi connectivity index (χ2v) is 6.99. The van der Waals surface area contributed by atoms with Crippen molar-refractivity contribution >= 4 is 23.7 Å². The van der Waals surface area contributed by atoms with Crippen molar-refractivity contribution in [3.63, 3.8) is 0 Å². The third-order valence-electron chi connectivity index (χ3n) is 4.20. The standard InChI is InChI=1S/C19H28N4O6/c1-10(2)16(19(28)29)23-18(27)14(8-12-4-6-13(24)7-5-12)22-17(26)11(3)21-15(25)9-20/h4-7,10-11,14,16,24H,8-9,20H2,1-3H3,(H,21,25)(H,22,26)(H,23,27)(H,28,29). The lowest BCUT2D eigenvalue weighted by molar-refractivity contribution is -0.143. The van der Waals surface area contributed by atoms with Gasteiger partial charge in [0.1, 0.15) is 23.9 Å². The van der Waals surface area contributed by atoms with Gasteiger partial charge in [-0.3, -0.25) is 14.4 Å². The highest BCUT2D eigenvalue weighted by atomic mass is 16.4. The number of carbonyl (C=O) groups excluding carboxylic acids is 3. The molecule has 0 aliphatic carbocycles. The summed E-state index contributed by atoms with van der Waals surface area (Å²) in [6.45, 7) is 4.45. The van der Waals surface area contributed by atoms with Crippen LogP contribution < -0.4 is 21.7 Å². The lowest BCUT2D eigenvalue weighted by atomic mass is 10.0. The summed E-state index contributed by atoms with van der Waals surface area (Å²) in [6, 6.07) is 2.87. The van der Waals surface area contributed by atoms with Crippen molar-refractivity contribution < 1.29 is 29.4 Å². The second kappa shape index (κ2) is 11.0. The average Bonchev–Trinajstić information content (AvgIpc) is 2.66. The number of rotatable bonds is 10. The molecule has 7 N–H and O–H groups in total. The first-order valence-corrected chi connectivity index (χ1v) is 9.16. The summed E-state index contributed by atoms with van der Waals surface area (Å²) < 4.78 is 0. The van der Waals surface area contributed by atoms with E-state index in [1.54, 1.807) is 26.0 Å². The molecule has 3 atom stereocenters. The van der Waals surface area contributed by atoms with E-state index in [4.69, 9.17) is 5.73 Å². The van der Waals surface area contributed by atoms with Gasteiger partial charge in [-0.05, 0) is 30.5 Å². The number of benzene rings is 1. The minimum absolute atomic E-state index is 0.0441. The van der Waals surface area contributed by atoms with Crippen molar-refractivity contribution in [3.05, 3.63) is 29.8 Å². The Labute approximate surface area is 168 Å². The van der Waals surface area contributed by atoms with E-state index in [-0.39, 0.29) is 24.6 Å².